The molecule has 0 fully saturated rings. The number of phenolic OH excluding ortho intramolecular Hbond substituents is 1. The molecule has 1 atom stereocenters. The van der Waals surface area contributed by atoms with E-state index in [1.807, 2.05) is 44.2 Å². The van der Waals surface area contributed by atoms with Crippen molar-refractivity contribution in [1.82, 2.24) is 0 Å². The molecule has 33 heavy (non-hydrogen) atoms. The van der Waals surface area contributed by atoms with Crippen molar-refractivity contribution in [1.29, 1.82) is 0 Å². The Morgan fingerprint density at radius 3 is 2.45 bits per heavy atom. The summed E-state index contributed by atoms with van der Waals surface area (Å²) < 4.78 is 25.8. The van der Waals surface area contributed by atoms with Crippen molar-refractivity contribution in [3.8, 4) is 5.75 Å². The number of phenols is 1. The van der Waals surface area contributed by atoms with Gasteiger partial charge in [0.25, 0.3) is 0 Å². The first-order chi connectivity index (χ1) is 15.7. The fourth-order valence-electron chi connectivity index (χ4n) is 4.01. The second-order valence-electron chi connectivity index (χ2n) is 8.12. The molecule has 0 bridgehead atoms. The summed E-state index contributed by atoms with van der Waals surface area (Å²) in [5.41, 5.74) is 6.27. The number of carbonyl (C=O) groups is 1. The molecule has 0 unspecified atom stereocenters. The molecule has 2 N–H and O–H groups in total. The highest BCUT2D eigenvalue weighted by Gasteiger charge is 2.26. The first-order valence-electron chi connectivity index (χ1n) is 10.5. The second-order valence-corrected chi connectivity index (χ2v) is 9.50. The van der Waals surface area contributed by atoms with Crippen LogP contribution in [-0.4, -0.2) is 21.5 Å². The molecule has 0 heterocycles. The Labute approximate surface area is 194 Å². The lowest BCUT2D eigenvalue weighted by Crippen LogP contribution is -2.12. The quantitative estimate of drug-likeness (QED) is 0.463. The highest BCUT2D eigenvalue weighted by Crippen LogP contribution is 2.44. The van der Waals surface area contributed by atoms with Gasteiger partial charge in [-0.05, 0) is 95.3 Å². The molecule has 1 aliphatic carbocycles. The number of benzene rings is 3. The van der Waals surface area contributed by atoms with E-state index in [-0.39, 0.29) is 23.9 Å². The predicted octanol–water partition coefficient (Wildman–Crippen LogP) is 5.93. The largest absolute Gasteiger partial charge is 0.506 e. The summed E-state index contributed by atoms with van der Waals surface area (Å²) in [6.45, 7) is 3.80. The molecule has 4 nitrogen and oxygen atoms in total. The summed E-state index contributed by atoms with van der Waals surface area (Å²) in [6.07, 6.45) is 3.67. The van der Waals surface area contributed by atoms with E-state index in [4.69, 9.17) is 0 Å². The molecule has 4 rings (SSSR count). The minimum atomic E-state index is -1.05. The third kappa shape index (κ3) is 4.81. The van der Waals surface area contributed by atoms with Crippen LogP contribution in [0.4, 0.5) is 10.1 Å². The van der Waals surface area contributed by atoms with E-state index >= 15 is 0 Å². The van der Waals surface area contributed by atoms with E-state index in [0.717, 1.165) is 38.3 Å². The minimum Gasteiger partial charge on any atom is -0.506 e. The Balaban J connectivity index is 1.68. The fourth-order valence-corrected chi connectivity index (χ4v) is 4.53. The summed E-state index contributed by atoms with van der Waals surface area (Å²) in [6, 6.07) is 17.0. The average Bonchev–Trinajstić information content (AvgIpc) is 3.01. The van der Waals surface area contributed by atoms with Gasteiger partial charge in [0.2, 0.25) is 5.91 Å². The maximum absolute atomic E-state index is 14.1. The van der Waals surface area contributed by atoms with Gasteiger partial charge < -0.3 is 10.4 Å². The van der Waals surface area contributed by atoms with Crippen molar-refractivity contribution in [3.63, 3.8) is 0 Å². The van der Waals surface area contributed by atoms with E-state index < -0.39 is 10.8 Å². The van der Waals surface area contributed by atoms with Gasteiger partial charge in [-0.3, -0.25) is 9.00 Å². The zero-order chi connectivity index (χ0) is 23.7. The van der Waals surface area contributed by atoms with Crippen LogP contribution >= 0.6 is 0 Å². The first-order valence-corrected chi connectivity index (χ1v) is 12.0. The summed E-state index contributed by atoms with van der Waals surface area (Å²) >= 11 is 0. The molecule has 3 aromatic rings. The number of rotatable bonds is 5. The van der Waals surface area contributed by atoms with Crippen LogP contribution in [-0.2, 0) is 15.6 Å². The summed E-state index contributed by atoms with van der Waals surface area (Å²) in [5.74, 6) is -0.669. The van der Waals surface area contributed by atoms with Crippen molar-refractivity contribution in [2.45, 2.75) is 25.2 Å². The van der Waals surface area contributed by atoms with Crippen molar-refractivity contribution in [2.75, 3.05) is 11.6 Å². The normalized spacial score (nSPS) is 15.0. The Morgan fingerprint density at radius 2 is 1.76 bits per heavy atom. The van der Waals surface area contributed by atoms with Gasteiger partial charge in [0.1, 0.15) is 11.6 Å². The van der Waals surface area contributed by atoms with Gasteiger partial charge in [0.05, 0.1) is 12.1 Å². The lowest BCUT2D eigenvalue weighted by molar-refractivity contribution is -0.115. The molecule has 0 radical (unpaired) electrons. The summed E-state index contributed by atoms with van der Waals surface area (Å²) in [7, 11) is -1.05. The van der Waals surface area contributed by atoms with Gasteiger partial charge in [0, 0.05) is 22.0 Å². The zero-order valence-corrected chi connectivity index (χ0v) is 19.4. The molecule has 0 spiro atoms. The van der Waals surface area contributed by atoms with Crippen molar-refractivity contribution >= 4 is 39.6 Å². The van der Waals surface area contributed by atoms with Crippen LogP contribution < -0.4 is 5.32 Å². The molecule has 168 valence electrons. The summed E-state index contributed by atoms with van der Waals surface area (Å²) in [5, 5.41) is 12.8. The van der Waals surface area contributed by atoms with Gasteiger partial charge in [-0.25, -0.2) is 4.39 Å². The number of fused-ring (bicyclic) bond motifs is 1. The Kier molecular flexibility index (Phi) is 6.29. The number of aryl methyl sites for hydroxylation is 1. The number of carbonyl (C=O) groups excluding carboxylic acids is 1. The third-order valence-corrected chi connectivity index (χ3v) is 6.68. The van der Waals surface area contributed by atoms with E-state index in [2.05, 4.69) is 5.32 Å². The highest BCUT2D eigenvalue weighted by atomic mass is 32.2. The van der Waals surface area contributed by atoms with Crippen LogP contribution in [0.5, 0.6) is 5.75 Å². The molecule has 0 saturated carbocycles. The van der Waals surface area contributed by atoms with Crippen LogP contribution in [0.15, 0.2) is 71.1 Å². The number of halogens is 1. The summed E-state index contributed by atoms with van der Waals surface area (Å²) in [4.78, 5) is 13.6. The highest BCUT2D eigenvalue weighted by molar-refractivity contribution is 7.84. The number of aromatic hydroxyl groups is 1. The number of hydrogen-bond acceptors (Lipinski definition) is 3. The van der Waals surface area contributed by atoms with Crippen LogP contribution in [0.1, 0.15) is 35.6 Å². The molecular formula is C27H24FNO3S. The van der Waals surface area contributed by atoms with E-state index in [0.29, 0.717) is 11.3 Å². The monoisotopic (exact) mass is 461 g/mol. The maximum atomic E-state index is 14.1. The van der Waals surface area contributed by atoms with Crippen molar-refractivity contribution in [3.05, 3.63) is 94.3 Å². The molecule has 0 saturated heterocycles. The van der Waals surface area contributed by atoms with Crippen LogP contribution in [0.2, 0.25) is 0 Å². The lowest BCUT2D eigenvalue weighted by atomic mass is 10.0. The van der Waals surface area contributed by atoms with Gasteiger partial charge >= 0.3 is 0 Å². The molecule has 1 aliphatic rings. The number of hydrogen-bond donors (Lipinski definition) is 2. The lowest BCUT2D eigenvalue weighted by Gasteiger charge is -2.10. The van der Waals surface area contributed by atoms with Gasteiger partial charge in [-0.1, -0.05) is 24.3 Å². The van der Waals surface area contributed by atoms with Crippen molar-refractivity contribution < 1.29 is 18.5 Å². The topological polar surface area (TPSA) is 66.4 Å². The fraction of sp³-hybridized carbons (Fsp3) is 0.148. The molecule has 0 aliphatic heterocycles. The van der Waals surface area contributed by atoms with Crippen LogP contribution in [0, 0.1) is 12.7 Å². The van der Waals surface area contributed by atoms with Crippen LogP contribution in [0.25, 0.3) is 17.2 Å². The molecular weight excluding hydrogens is 437 g/mol. The first kappa shape index (κ1) is 22.7. The van der Waals surface area contributed by atoms with E-state index in [1.165, 1.54) is 18.2 Å². The molecule has 1 amide bonds. The average molecular weight is 462 g/mol. The Morgan fingerprint density at radius 1 is 1.03 bits per heavy atom. The third-order valence-electron chi connectivity index (χ3n) is 5.74. The zero-order valence-electron chi connectivity index (χ0n) is 18.6. The maximum Gasteiger partial charge on any atom is 0.228 e. The van der Waals surface area contributed by atoms with Gasteiger partial charge in [-0.15, -0.1) is 0 Å². The smallest absolute Gasteiger partial charge is 0.228 e. The number of allylic oxidation sites excluding steroid dienone is 2. The van der Waals surface area contributed by atoms with Crippen LogP contribution in [0.3, 0.4) is 0 Å². The van der Waals surface area contributed by atoms with Crippen molar-refractivity contribution in [2.24, 2.45) is 0 Å². The second kappa shape index (κ2) is 9.16. The Bertz CT molecular complexity index is 1340. The number of amides is 1. The molecule has 0 aromatic heterocycles. The number of nitrogens with one attached hydrogen (secondary N) is 1. The molecule has 3 aromatic carbocycles. The Hall–Kier alpha value is -3.51. The van der Waals surface area contributed by atoms with Gasteiger partial charge in [-0.2, -0.15) is 0 Å². The minimum absolute atomic E-state index is 0.00504. The van der Waals surface area contributed by atoms with Gasteiger partial charge in [0.15, 0.2) is 0 Å². The SMILES string of the molecule is CC1=C(CC(=O)Nc2cc(C)ccc2O)c2cc(F)ccc2/C1=C/c1ccc([S@@](C)=O)cc1. The van der Waals surface area contributed by atoms with E-state index in [1.54, 1.807) is 24.5 Å². The standard InChI is InChI=1S/C27H24FNO3S/c1-16-4-11-26(30)25(12-16)29-27(31)15-23-17(2)22(21-10-7-19(28)14-24(21)23)13-18-5-8-20(9-6-18)33(3)32/h4-14,30H,15H2,1-3H3,(H,29,31)/b22-13+/t33-/m1/s1. The predicted molar refractivity (Wildman–Crippen MR) is 132 cm³/mol. The number of anilines is 1. The molecule has 6 heteroatoms. The van der Waals surface area contributed by atoms with E-state index in [9.17, 15) is 18.5 Å².